The summed E-state index contributed by atoms with van der Waals surface area (Å²) < 4.78 is 3.32. The Hall–Kier alpha value is -1.82. The third-order valence-corrected chi connectivity index (χ3v) is 5.24. The van der Waals surface area contributed by atoms with Gasteiger partial charge >= 0.3 is 0 Å². The number of amides is 2. The molecule has 22 heavy (non-hydrogen) atoms. The fourth-order valence-electron chi connectivity index (χ4n) is 2.74. The van der Waals surface area contributed by atoms with E-state index < -0.39 is 0 Å². The second-order valence-electron chi connectivity index (χ2n) is 6.03. The number of nitrogens with zero attached hydrogens (tertiary/aromatic N) is 3. The molecule has 2 amide bonds. The van der Waals surface area contributed by atoms with Crippen LogP contribution >= 0.6 is 11.3 Å². The Kier molecular flexibility index (Phi) is 3.95. The van der Waals surface area contributed by atoms with Crippen LogP contribution in [0.5, 0.6) is 0 Å². The summed E-state index contributed by atoms with van der Waals surface area (Å²) in [7, 11) is 0. The highest BCUT2D eigenvalue weighted by molar-refractivity contribution is 7.20. The molecule has 0 aromatic carbocycles. The Labute approximate surface area is 134 Å². The van der Waals surface area contributed by atoms with E-state index in [-0.39, 0.29) is 11.8 Å². The number of hydrogen-bond donors (Lipinski definition) is 0. The molecule has 3 heterocycles. The van der Waals surface area contributed by atoms with E-state index in [2.05, 4.69) is 30.8 Å². The van der Waals surface area contributed by atoms with E-state index in [0.29, 0.717) is 32.2 Å². The summed E-state index contributed by atoms with van der Waals surface area (Å²) in [5.41, 5.74) is 0. The zero-order chi connectivity index (χ0) is 15.9. The van der Waals surface area contributed by atoms with Crippen LogP contribution in [-0.4, -0.2) is 52.4 Å². The van der Waals surface area contributed by atoms with Gasteiger partial charge < -0.3 is 14.4 Å². The molecule has 1 aliphatic heterocycles. The van der Waals surface area contributed by atoms with Crippen molar-refractivity contribution >= 4 is 33.2 Å². The van der Waals surface area contributed by atoms with Crippen molar-refractivity contribution < 1.29 is 9.59 Å². The zero-order valence-electron chi connectivity index (χ0n) is 13.2. The smallest absolute Gasteiger partial charge is 0.264 e. The van der Waals surface area contributed by atoms with Crippen LogP contribution in [-0.2, 0) is 4.79 Å². The topological polar surface area (TPSA) is 45.6 Å². The van der Waals surface area contributed by atoms with Gasteiger partial charge in [-0.2, -0.15) is 0 Å². The Morgan fingerprint density at radius 2 is 1.73 bits per heavy atom. The van der Waals surface area contributed by atoms with Crippen LogP contribution < -0.4 is 0 Å². The van der Waals surface area contributed by atoms with Crippen molar-refractivity contribution in [2.24, 2.45) is 0 Å². The Balaban J connectivity index is 1.73. The third kappa shape index (κ3) is 2.75. The van der Waals surface area contributed by atoms with Crippen LogP contribution in [0.15, 0.2) is 18.5 Å². The molecule has 0 bridgehead atoms. The van der Waals surface area contributed by atoms with E-state index in [1.54, 1.807) is 23.2 Å². The van der Waals surface area contributed by atoms with Gasteiger partial charge in [-0.3, -0.25) is 9.59 Å². The summed E-state index contributed by atoms with van der Waals surface area (Å²) >= 11 is 1.55. The molecule has 0 unspecified atom stereocenters. The number of thiophene rings is 1. The number of aromatic nitrogens is 1. The quantitative estimate of drug-likeness (QED) is 0.854. The highest BCUT2D eigenvalue weighted by Crippen LogP contribution is 2.29. The number of piperazine rings is 1. The molecule has 6 heteroatoms. The first kappa shape index (κ1) is 15.1. The van der Waals surface area contributed by atoms with Crippen molar-refractivity contribution in [3.63, 3.8) is 0 Å². The summed E-state index contributed by atoms with van der Waals surface area (Å²) in [5, 5.41) is 1.13. The molecule has 0 aliphatic carbocycles. The minimum absolute atomic E-state index is 0.0835. The third-order valence-electron chi connectivity index (χ3n) is 4.16. The SMILES string of the molecule is CC(=O)N1CCN(C(=O)c2cc3cn(C(C)C)cc3s2)CC1. The van der Waals surface area contributed by atoms with Crippen LogP contribution in [0.2, 0.25) is 0 Å². The van der Waals surface area contributed by atoms with Crippen LogP contribution in [0.4, 0.5) is 0 Å². The number of carbonyl (C=O) groups excluding carboxylic acids is 2. The summed E-state index contributed by atoms with van der Waals surface area (Å²) in [6, 6.07) is 2.41. The molecule has 0 radical (unpaired) electrons. The fraction of sp³-hybridized carbons (Fsp3) is 0.500. The molecule has 0 atom stereocenters. The molecular weight excluding hydrogens is 298 g/mol. The summed E-state index contributed by atoms with van der Waals surface area (Å²) in [5.74, 6) is 0.167. The maximum Gasteiger partial charge on any atom is 0.264 e. The number of hydrogen-bond acceptors (Lipinski definition) is 3. The lowest BCUT2D eigenvalue weighted by atomic mass is 10.2. The molecule has 1 aliphatic rings. The Morgan fingerprint density at radius 3 is 2.27 bits per heavy atom. The maximum absolute atomic E-state index is 12.6. The molecule has 118 valence electrons. The molecule has 2 aromatic rings. The zero-order valence-corrected chi connectivity index (χ0v) is 14.0. The van der Waals surface area contributed by atoms with E-state index in [1.807, 2.05) is 11.0 Å². The molecular formula is C16H21N3O2S. The number of carbonyl (C=O) groups is 2. The van der Waals surface area contributed by atoms with E-state index in [4.69, 9.17) is 0 Å². The van der Waals surface area contributed by atoms with Gasteiger partial charge in [0.05, 0.1) is 9.58 Å². The number of fused-ring (bicyclic) bond motifs is 1. The Morgan fingerprint density at radius 1 is 1.09 bits per heavy atom. The summed E-state index contributed by atoms with van der Waals surface area (Å²) in [6.07, 6.45) is 4.20. The van der Waals surface area contributed by atoms with Gasteiger partial charge in [-0.25, -0.2) is 0 Å². The molecule has 3 rings (SSSR count). The molecule has 1 fully saturated rings. The van der Waals surface area contributed by atoms with E-state index >= 15 is 0 Å². The minimum atomic E-state index is 0.0835. The van der Waals surface area contributed by atoms with Crippen LogP contribution in [0.25, 0.3) is 10.1 Å². The normalized spacial score (nSPS) is 15.8. The monoisotopic (exact) mass is 319 g/mol. The van der Waals surface area contributed by atoms with Crippen LogP contribution in [0.3, 0.4) is 0 Å². The lowest BCUT2D eigenvalue weighted by molar-refractivity contribution is -0.130. The Bertz CT molecular complexity index is 677. The maximum atomic E-state index is 12.6. The summed E-state index contributed by atoms with van der Waals surface area (Å²) in [4.78, 5) is 28.4. The van der Waals surface area contributed by atoms with Gasteiger partial charge in [-0.15, -0.1) is 11.3 Å². The summed E-state index contributed by atoms with van der Waals surface area (Å²) in [6.45, 7) is 8.36. The van der Waals surface area contributed by atoms with Gasteiger partial charge in [0, 0.05) is 56.9 Å². The first-order valence-corrected chi connectivity index (χ1v) is 8.43. The minimum Gasteiger partial charge on any atom is -0.350 e. The van der Waals surface area contributed by atoms with Gasteiger partial charge in [-0.05, 0) is 19.9 Å². The lowest BCUT2D eigenvalue weighted by Crippen LogP contribution is -2.49. The second kappa shape index (κ2) is 5.76. The van der Waals surface area contributed by atoms with Gasteiger partial charge in [0.15, 0.2) is 0 Å². The first-order valence-electron chi connectivity index (χ1n) is 7.61. The highest BCUT2D eigenvalue weighted by atomic mass is 32.1. The molecule has 2 aromatic heterocycles. The number of rotatable bonds is 2. The predicted octanol–water partition coefficient (Wildman–Crippen LogP) is 2.59. The molecule has 0 N–H and O–H groups in total. The van der Waals surface area contributed by atoms with Crippen molar-refractivity contribution in [1.29, 1.82) is 0 Å². The van der Waals surface area contributed by atoms with E-state index in [1.165, 1.54) is 0 Å². The standard InChI is InChI=1S/C16H21N3O2S/c1-11(2)19-9-13-8-14(22-15(13)10-19)16(21)18-6-4-17(5-7-18)12(3)20/h8-11H,4-7H2,1-3H3. The van der Waals surface area contributed by atoms with Crippen molar-refractivity contribution in [3.8, 4) is 0 Å². The predicted molar refractivity (Wildman–Crippen MR) is 88.4 cm³/mol. The van der Waals surface area contributed by atoms with Gasteiger partial charge in [0.2, 0.25) is 5.91 Å². The van der Waals surface area contributed by atoms with E-state index in [0.717, 1.165) is 15.0 Å². The largest absolute Gasteiger partial charge is 0.350 e. The van der Waals surface area contributed by atoms with Crippen LogP contribution in [0, 0.1) is 0 Å². The van der Waals surface area contributed by atoms with Gasteiger partial charge in [0.25, 0.3) is 5.91 Å². The average Bonchev–Trinajstić information content (AvgIpc) is 3.05. The van der Waals surface area contributed by atoms with Crippen molar-refractivity contribution in [2.75, 3.05) is 26.2 Å². The van der Waals surface area contributed by atoms with Crippen molar-refractivity contribution in [3.05, 3.63) is 23.3 Å². The highest BCUT2D eigenvalue weighted by Gasteiger charge is 2.24. The lowest BCUT2D eigenvalue weighted by Gasteiger charge is -2.33. The van der Waals surface area contributed by atoms with E-state index in [9.17, 15) is 9.59 Å². The molecule has 0 spiro atoms. The molecule has 0 saturated carbocycles. The van der Waals surface area contributed by atoms with Crippen LogP contribution in [0.1, 0.15) is 36.5 Å². The first-order chi connectivity index (χ1) is 10.5. The van der Waals surface area contributed by atoms with Crippen molar-refractivity contribution in [2.45, 2.75) is 26.8 Å². The van der Waals surface area contributed by atoms with Gasteiger partial charge in [-0.1, -0.05) is 0 Å². The van der Waals surface area contributed by atoms with Gasteiger partial charge in [0.1, 0.15) is 0 Å². The average molecular weight is 319 g/mol. The molecule has 1 saturated heterocycles. The second-order valence-corrected chi connectivity index (χ2v) is 7.11. The molecule has 5 nitrogen and oxygen atoms in total. The fourth-order valence-corrected chi connectivity index (χ4v) is 3.78. The van der Waals surface area contributed by atoms with Crippen molar-refractivity contribution in [1.82, 2.24) is 14.4 Å².